The van der Waals surface area contributed by atoms with Crippen molar-refractivity contribution in [2.75, 3.05) is 26.2 Å². The lowest BCUT2D eigenvalue weighted by Gasteiger charge is -2.39. The molecule has 62 heavy (non-hydrogen) atoms. The van der Waals surface area contributed by atoms with Crippen molar-refractivity contribution in [3.8, 4) is 45.3 Å². The lowest BCUT2D eigenvalue weighted by molar-refractivity contribution is -0.929. The Hall–Kier alpha value is -6.11. The van der Waals surface area contributed by atoms with Crippen molar-refractivity contribution in [2.45, 2.75) is 79.1 Å². The number of unbranched alkanes of at least 4 members (excludes halogenated alkanes) is 4. The summed E-state index contributed by atoms with van der Waals surface area (Å²) in [5.41, 5.74) is 2.69. The molecule has 0 bridgehead atoms. The van der Waals surface area contributed by atoms with Crippen LogP contribution < -0.4 is 4.70 Å². The van der Waals surface area contributed by atoms with Gasteiger partial charge < -0.3 is 29.6 Å². The van der Waals surface area contributed by atoms with Crippen molar-refractivity contribution in [1.29, 1.82) is 0 Å². The fraction of sp³-hybridized carbons (Fsp3) is 0.286. The van der Waals surface area contributed by atoms with E-state index in [1.54, 1.807) is 24.3 Å². The fourth-order valence-electron chi connectivity index (χ4n) is 8.74. The Bertz CT molecular complexity index is 2300. The van der Waals surface area contributed by atoms with E-state index >= 15 is 0 Å². The van der Waals surface area contributed by atoms with Gasteiger partial charge in [0.1, 0.15) is 23.0 Å². The number of fused-ring (bicyclic) bond motifs is 4. The van der Waals surface area contributed by atoms with Gasteiger partial charge in [0.25, 0.3) is 0 Å². The highest BCUT2D eigenvalue weighted by Gasteiger charge is 2.25. The van der Waals surface area contributed by atoms with Crippen LogP contribution in [0.5, 0.6) is 23.0 Å². The zero-order valence-electron chi connectivity index (χ0n) is 37.0. The molecular weight excluding hydrogens is 770 g/mol. The number of hydrogen-bond acceptors (Lipinski definition) is 4. The van der Waals surface area contributed by atoms with Gasteiger partial charge >= 0.3 is 0 Å². The molecule has 0 heterocycles. The van der Waals surface area contributed by atoms with Crippen LogP contribution in [0.25, 0.3) is 65.3 Å². The van der Waals surface area contributed by atoms with Gasteiger partial charge in [-0.15, -0.1) is 0 Å². The average molecular weight is 834 g/mol. The molecule has 8 aromatic carbocycles. The highest BCUT2D eigenvalue weighted by molar-refractivity contribution is 6.10. The Morgan fingerprint density at radius 2 is 0.516 bits per heavy atom. The molecule has 324 valence electrons. The highest BCUT2D eigenvalue weighted by Crippen LogP contribution is 2.45. The maximum Gasteiger partial charge on any atom is 0.124 e. The minimum Gasteiger partial charge on any atom is -1.00 e. The van der Waals surface area contributed by atoms with Gasteiger partial charge in [-0.25, -0.2) is 0 Å². The third kappa shape index (κ3) is 10.8. The van der Waals surface area contributed by atoms with Gasteiger partial charge in [0.05, 0.1) is 26.2 Å². The summed E-state index contributed by atoms with van der Waals surface area (Å²) >= 11 is 0. The summed E-state index contributed by atoms with van der Waals surface area (Å²) in [5.74, 6) is 0.686. The second-order valence-corrected chi connectivity index (χ2v) is 16.4. The highest BCUT2D eigenvalue weighted by atomic mass is 19.0. The van der Waals surface area contributed by atoms with Gasteiger partial charge in [-0.05, 0) is 93.0 Å². The molecule has 5 nitrogen and oxygen atoms in total. The van der Waals surface area contributed by atoms with Crippen LogP contribution in [0.2, 0.25) is 0 Å². The molecule has 8 aromatic rings. The predicted molar refractivity (Wildman–Crippen MR) is 260 cm³/mol. The second-order valence-electron chi connectivity index (χ2n) is 16.4. The van der Waals surface area contributed by atoms with Crippen molar-refractivity contribution >= 4 is 43.1 Å². The first-order chi connectivity index (χ1) is 29.8. The maximum atomic E-state index is 10.4. The van der Waals surface area contributed by atoms with Crippen LogP contribution >= 0.6 is 0 Å². The van der Waals surface area contributed by atoms with Gasteiger partial charge in [-0.2, -0.15) is 0 Å². The van der Waals surface area contributed by atoms with Gasteiger partial charge in [-0.1, -0.05) is 175 Å². The lowest BCUT2D eigenvalue weighted by atomic mass is 9.92. The standard InChI is InChI=1S/2C20H14O2.C16H36N.FH/c2*21-17-11-9-13-5-1-3-7-15(13)19(17)20-16-8-4-2-6-14(16)10-12-18(20)22;1-5-9-13-17(14-10-6-2,15-11-7-3)16-12-8-4;/h2*1-12,21-22H;5-16H2,1-4H3;1H/q;;+1;/p-1. The van der Waals surface area contributed by atoms with E-state index in [1.807, 2.05) is 121 Å². The summed E-state index contributed by atoms with van der Waals surface area (Å²) in [7, 11) is 0. The molecule has 6 heteroatoms. The molecule has 0 saturated heterocycles. The third-order valence-corrected chi connectivity index (χ3v) is 12.1. The predicted octanol–water partition coefficient (Wildman–Crippen LogP) is 12.1. The number of hydrogen-bond donors (Lipinski definition) is 4. The van der Waals surface area contributed by atoms with Crippen molar-refractivity contribution in [3.63, 3.8) is 0 Å². The van der Waals surface area contributed by atoms with Crippen LogP contribution in [0.3, 0.4) is 0 Å². The summed E-state index contributed by atoms with van der Waals surface area (Å²) < 4.78 is 1.42. The monoisotopic (exact) mass is 833 g/mol. The summed E-state index contributed by atoms with van der Waals surface area (Å²) in [5, 5.41) is 49.6. The first kappa shape index (κ1) is 46.9. The number of aromatic hydroxyl groups is 4. The summed E-state index contributed by atoms with van der Waals surface area (Å²) in [6.45, 7) is 15.0. The average Bonchev–Trinajstić information content (AvgIpc) is 3.29. The summed E-state index contributed by atoms with van der Waals surface area (Å²) in [4.78, 5) is 0. The number of nitrogens with zero attached hydrogens (tertiary/aromatic N) is 1. The quantitative estimate of drug-likeness (QED) is 0.0823. The normalized spacial score (nSPS) is 11.2. The minimum atomic E-state index is 0. The van der Waals surface area contributed by atoms with Crippen LogP contribution in [0.1, 0.15) is 79.1 Å². The number of halogens is 1. The molecule has 0 fully saturated rings. The van der Waals surface area contributed by atoms with E-state index in [-0.39, 0.29) is 27.7 Å². The smallest absolute Gasteiger partial charge is 0.124 e. The topological polar surface area (TPSA) is 80.9 Å². The van der Waals surface area contributed by atoms with Gasteiger partial charge in [0.2, 0.25) is 0 Å². The molecule has 0 aliphatic rings. The third-order valence-electron chi connectivity index (χ3n) is 12.1. The first-order valence-electron chi connectivity index (χ1n) is 22.4. The minimum absolute atomic E-state index is 0. The lowest BCUT2D eigenvalue weighted by Crippen LogP contribution is -3.00. The van der Waals surface area contributed by atoms with E-state index in [2.05, 4.69) is 27.7 Å². The van der Waals surface area contributed by atoms with Crippen molar-refractivity contribution in [1.82, 2.24) is 0 Å². The zero-order valence-corrected chi connectivity index (χ0v) is 37.0. The molecule has 0 radical (unpaired) electrons. The summed E-state index contributed by atoms with van der Waals surface area (Å²) in [6, 6.07) is 45.7. The van der Waals surface area contributed by atoms with Gasteiger partial charge in [0.15, 0.2) is 0 Å². The Labute approximate surface area is 367 Å². The van der Waals surface area contributed by atoms with Crippen molar-refractivity contribution < 1.29 is 29.6 Å². The van der Waals surface area contributed by atoms with Crippen LogP contribution in [0.15, 0.2) is 146 Å². The summed E-state index contributed by atoms with van der Waals surface area (Å²) in [6.07, 6.45) is 11.1. The number of rotatable bonds is 14. The van der Waals surface area contributed by atoms with Gasteiger partial charge in [0, 0.05) is 22.3 Å². The Kier molecular flexibility index (Phi) is 17.2. The molecule has 0 amide bonds. The van der Waals surface area contributed by atoms with Crippen LogP contribution in [0, 0.1) is 0 Å². The molecular formula is C56H64FNO4. The Balaban J connectivity index is 0.000000177. The number of quaternary nitrogens is 1. The maximum absolute atomic E-state index is 10.4. The van der Waals surface area contributed by atoms with E-state index in [0.717, 1.165) is 43.1 Å². The molecule has 0 aliphatic heterocycles. The van der Waals surface area contributed by atoms with Crippen LogP contribution in [0.4, 0.5) is 0 Å². The molecule has 8 rings (SSSR count). The molecule has 0 spiro atoms. The molecule has 0 aliphatic carbocycles. The van der Waals surface area contributed by atoms with E-state index < -0.39 is 0 Å². The van der Waals surface area contributed by atoms with E-state index in [4.69, 9.17) is 0 Å². The van der Waals surface area contributed by atoms with Crippen molar-refractivity contribution in [2.24, 2.45) is 0 Å². The largest absolute Gasteiger partial charge is 1.00 e. The van der Waals surface area contributed by atoms with E-state index in [1.165, 1.54) is 82.0 Å². The molecule has 0 unspecified atom stereocenters. The van der Waals surface area contributed by atoms with Crippen molar-refractivity contribution in [3.05, 3.63) is 146 Å². The van der Waals surface area contributed by atoms with Gasteiger partial charge in [-0.3, -0.25) is 0 Å². The van der Waals surface area contributed by atoms with Crippen LogP contribution in [-0.2, 0) is 0 Å². The Morgan fingerprint density at radius 1 is 0.306 bits per heavy atom. The number of phenols is 4. The zero-order chi connectivity index (χ0) is 43.2. The molecule has 0 atom stereocenters. The van der Waals surface area contributed by atoms with E-state index in [9.17, 15) is 20.4 Å². The fourth-order valence-corrected chi connectivity index (χ4v) is 8.74. The van der Waals surface area contributed by atoms with E-state index in [0.29, 0.717) is 22.3 Å². The van der Waals surface area contributed by atoms with Crippen LogP contribution in [-0.4, -0.2) is 51.1 Å². The Morgan fingerprint density at radius 3 is 0.726 bits per heavy atom. The second kappa shape index (κ2) is 22.7. The number of benzene rings is 8. The SMILES string of the molecule is CCCC[N+](CCCC)(CCCC)CCCC.Oc1ccc2ccccc2c1-c1c(O)ccc2ccccc12.Oc1ccc2ccccc2c1-c1c(O)ccc2ccccc12.[F-]. The number of phenolic OH excluding ortho intramolecular Hbond substituents is 4. The molecule has 4 N–H and O–H groups in total. The molecule has 0 saturated carbocycles. The molecule has 0 aromatic heterocycles. The first-order valence-corrected chi connectivity index (χ1v) is 22.4.